The van der Waals surface area contributed by atoms with E-state index in [1.54, 1.807) is 0 Å². The minimum absolute atomic E-state index is 0.258. The summed E-state index contributed by atoms with van der Waals surface area (Å²) < 4.78 is 13.0. The van der Waals surface area contributed by atoms with Gasteiger partial charge in [0.05, 0.1) is 19.3 Å². The van der Waals surface area contributed by atoms with E-state index in [1.807, 2.05) is 0 Å². The lowest BCUT2D eigenvalue weighted by Crippen LogP contribution is -2.41. The summed E-state index contributed by atoms with van der Waals surface area (Å²) in [6.45, 7) is -0.941. The SMILES string of the molecule is NC(=O)CN(CC(N)=O)c1ncc(F)cc1C(=O)O. The number of amides is 2. The molecule has 0 unspecified atom stereocenters. The van der Waals surface area contributed by atoms with E-state index in [1.165, 1.54) is 0 Å². The Morgan fingerprint density at radius 2 is 1.79 bits per heavy atom. The number of carbonyl (C=O) groups excluding carboxylic acids is 2. The van der Waals surface area contributed by atoms with Gasteiger partial charge in [0.2, 0.25) is 11.8 Å². The van der Waals surface area contributed by atoms with Crippen LogP contribution in [0, 0.1) is 5.82 Å². The summed E-state index contributed by atoms with van der Waals surface area (Å²) in [4.78, 5) is 37.3. The number of pyridine rings is 1. The van der Waals surface area contributed by atoms with E-state index >= 15 is 0 Å². The van der Waals surface area contributed by atoms with Crippen LogP contribution in [0.2, 0.25) is 0 Å². The number of primary amides is 2. The number of carboxylic acids is 1. The lowest BCUT2D eigenvalue weighted by Gasteiger charge is -2.21. The molecule has 0 aliphatic rings. The number of hydrogen-bond donors (Lipinski definition) is 3. The Kier molecular flexibility index (Phi) is 4.35. The lowest BCUT2D eigenvalue weighted by molar-refractivity contribution is -0.117. The van der Waals surface area contributed by atoms with E-state index in [0.717, 1.165) is 17.2 Å². The van der Waals surface area contributed by atoms with E-state index in [4.69, 9.17) is 16.6 Å². The molecule has 1 heterocycles. The molecule has 9 heteroatoms. The summed E-state index contributed by atoms with van der Waals surface area (Å²) >= 11 is 0. The van der Waals surface area contributed by atoms with Crippen molar-refractivity contribution in [3.05, 3.63) is 23.6 Å². The number of nitrogens with zero attached hydrogens (tertiary/aromatic N) is 2. The fraction of sp³-hybridized carbons (Fsp3) is 0.200. The number of halogens is 1. The predicted molar refractivity (Wildman–Crippen MR) is 61.8 cm³/mol. The zero-order valence-corrected chi connectivity index (χ0v) is 9.67. The number of carbonyl (C=O) groups is 3. The molecule has 2 amide bonds. The predicted octanol–water partition coefficient (Wildman–Crippen LogP) is -1.30. The van der Waals surface area contributed by atoms with Crippen LogP contribution in [0.25, 0.3) is 0 Å². The van der Waals surface area contributed by atoms with E-state index in [2.05, 4.69) is 4.98 Å². The molecule has 1 aromatic heterocycles. The van der Waals surface area contributed by atoms with Crippen LogP contribution in [-0.4, -0.2) is 41.0 Å². The minimum atomic E-state index is -1.46. The van der Waals surface area contributed by atoms with Gasteiger partial charge in [-0.3, -0.25) is 9.59 Å². The van der Waals surface area contributed by atoms with Crippen molar-refractivity contribution >= 4 is 23.6 Å². The Morgan fingerprint density at radius 3 is 2.21 bits per heavy atom. The van der Waals surface area contributed by atoms with E-state index < -0.39 is 42.3 Å². The number of hydrogen-bond acceptors (Lipinski definition) is 5. The molecule has 19 heavy (non-hydrogen) atoms. The number of anilines is 1. The van der Waals surface area contributed by atoms with Gasteiger partial charge in [-0.15, -0.1) is 0 Å². The van der Waals surface area contributed by atoms with Crippen LogP contribution >= 0.6 is 0 Å². The maximum absolute atomic E-state index is 13.0. The summed E-state index contributed by atoms with van der Waals surface area (Å²) in [6.07, 6.45) is 0.761. The first-order chi connectivity index (χ1) is 8.81. The highest BCUT2D eigenvalue weighted by Gasteiger charge is 2.21. The molecule has 0 saturated carbocycles. The Balaban J connectivity index is 3.24. The van der Waals surface area contributed by atoms with Crippen molar-refractivity contribution in [2.45, 2.75) is 0 Å². The van der Waals surface area contributed by atoms with Crippen LogP contribution in [-0.2, 0) is 9.59 Å². The third kappa shape index (κ3) is 3.91. The first kappa shape index (κ1) is 14.4. The molecule has 0 atom stereocenters. The molecule has 0 radical (unpaired) electrons. The van der Waals surface area contributed by atoms with Gasteiger partial charge in [-0.05, 0) is 6.07 Å². The van der Waals surface area contributed by atoms with Gasteiger partial charge < -0.3 is 21.5 Å². The summed E-state index contributed by atoms with van der Waals surface area (Å²) in [5.41, 5.74) is 9.46. The molecular weight excluding hydrogens is 259 g/mol. The maximum Gasteiger partial charge on any atom is 0.339 e. The molecule has 0 fully saturated rings. The zero-order valence-electron chi connectivity index (χ0n) is 9.67. The molecule has 1 rings (SSSR count). The quantitative estimate of drug-likeness (QED) is 0.586. The Hall–Kier alpha value is -2.71. The monoisotopic (exact) mass is 270 g/mol. The highest BCUT2D eigenvalue weighted by molar-refractivity contribution is 5.95. The van der Waals surface area contributed by atoms with Crippen molar-refractivity contribution in [2.24, 2.45) is 11.5 Å². The molecule has 1 aromatic rings. The molecule has 0 aromatic carbocycles. The van der Waals surface area contributed by atoms with Gasteiger partial charge in [-0.1, -0.05) is 0 Å². The molecule has 0 aliphatic heterocycles. The second-order valence-corrected chi connectivity index (χ2v) is 3.62. The summed E-state index contributed by atoms with van der Waals surface area (Å²) in [5.74, 6) is -4.21. The third-order valence-electron chi connectivity index (χ3n) is 2.06. The first-order valence-corrected chi connectivity index (χ1v) is 5.01. The van der Waals surface area contributed by atoms with Crippen LogP contribution in [0.15, 0.2) is 12.3 Å². The average Bonchev–Trinajstić information content (AvgIpc) is 2.26. The maximum atomic E-state index is 13.0. The average molecular weight is 270 g/mol. The molecule has 0 bridgehead atoms. The number of aromatic nitrogens is 1. The number of carboxylic acid groups (broad SMARTS) is 1. The summed E-state index contributed by atoms with van der Waals surface area (Å²) in [5, 5.41) is 8.94. The van der Waals surface area contributed by atoms with E-state index in [-0.39, 0.29) is 5.82 Å². The molecule has 0 aliphatic carbocycles. The van der Waals surface area contributed by atoms with Crippen molar-refractivity contribution in [1.82, 2.24) is 4.98 Å². The van der Waals surface area contributed by atoms with Gasteiger partial charge in [-0.2, -0.15) is 0 Å². The molecule has 8 nitrogen and oxygen atoms in total. The Bertz CT molecular complexity index is 518. The molecule has 0 spiro atoms. The van der Waals surface area contributed by atoms with Crippen molar-refractivity contribution < 1.29 is 23.9 Å². The third-order valence-corrected chi connectivity index (χ3v) is 2.06. The number of aromatic carboxylic acids is 1. The van der Waals surface area contributed by atoms with Crippen LogP contribution in [0.4, 0.5) is 10.2 Å². The van der Waals surface area contributed by atoms with Gasteiger partial charge in [-0.25, -0.2) is 14.2 Å². The second-order valence-electron chi connectivity index (χ2n) is 3.62. The zero-order chi connectivity index (χ0) is 14.6. The van der Waals surface area contributed by atoms with Gasteiger partial charge in [0.15, 0.2) is 0 Å². The van der Waals surface area contributed by atoms with Gasteiger partial charge >= 0.3 is 5.97 Å². The normalized spacial score (nSPS) is 9.95. The summed E-state index contributed by atoms with van der Waals surface area (Å²) in [7, 11) is 0. The summed E-state index contributed by atoms with van der Waals surface area (Å²) in [6, 6.07) is 0.722. The van der Waals surface area contributed by atoms with E-state index in [9.17, 15) is 18.8 Å². The Morgan fingerprint density at radius 1 is 1.26 bits per heavy atom. The van der Waals surface area contributed by atoms with Crippen LogP contribution in [0.3, 0.4) is 0 Å². The van der Waals surface area contributed by atoms with Crippen molar-refractivity contribution in [2.75, 3.05) is 18.0 Å². The van der Waals surface area contributed by atoms with Gasteiger partial charge in [0.1, 0.15) is 17.2 Å². The molecule has 102 valence electrons. The number of rotatable bonds is 6. The van der Waals surface area contributed by atoms with Crippen LogP contribution in [0.5, 0.6) is 0 Å². The molecular formula is C10H11FN4O4. The van der Waals surface area contributed by atoms with Gasteiger partial charge in [0.25, 0.3) is 0 Å². The topological polar surface area (TPSA) is 140 Å². The Labute approximate surface area is 106 Å². The minimum Gasteiger partial charge on any atom is -0.478 e. The van der Waals surface area contributed by atoms with Gasteiger partial charge in [0, 0.05) is 0 Å². The van der Waals surface area contributed by atoms with Crippen molar-refractivity contribution in [3.8, 4) is 0 Å². The van der Waals surface area contributed by atoms with E-state index in [0.29, 0.717) is 0 Å². The highest BCUT2D eigenvalue weighted by Crippen LogP contribution is 2.18. The molecule has 0 saturated heterocycles. The van der Waals surface area contributed by atoms with Crippen LogP contribution in [0.1, 0.15) is 10.4 Å². The molecule has 5 N–H and O–H groups in total. The largest absolute Gasteiger partial charge is 0.478 e. The van der Waals surface area contributed by atoms with Crippen molar-refractivity contribution in [3.63, 3.8) is 0 Å². The lowest BCUT2D eigenvalue weighted by atomic mass is 10.2. The highest BCUT2D eigenvalue weighted by atomic mass is 19.1. The second kappa shape index (κ2) is 5.76. The first-order valence-electron chi connectivity index (χ1n) is 5.01. The van der Waals surface area contributed by atoms with Crippen molar-refractivity contribution in [1.29, 1.82) is 0 Å². The fourth-order valence-electron chi connectivity index (χ4n) is 1.42. The van der Waals surface area contributed by atoms with Crippen LogP contribution < -0.4 is 16.4 Å². The smallest absolute Gasteiger partial charge is 0.339 e. The fourth-order valence-corrected chi connectivity index (χ4v) is 1.42. The standard InChI is InChI=1S/C10H11FN4O4/c11-5-1-6(10(18)19)9(14-2-5)15(3-7(12)16)4-8(13)17/h1-2H,3-4H2,(H2,12,16)(H2,13,17)(H,18,19). The number of nitrogens with two attached hydrogens (primary N) is 2.